The highest BCUT2D eigenvalue weighted by atomic mass is 35.5. The molecule has 0 fully saturated rings. The van der Waals surface area contributed by atoms with Crippen molar-refractivity contribution in [2.24, 2.45) is 0 Å². The third kappa shape index (κ3) is 2.66. The SMILES string of the molecule is Fc1ccc(Cc2nc(Cl)c3c(n2)CCCC3)c(F)c1. The molecule has 0 saturated heterocycles. The van der Waals surface area contributed by atoms with E-state index in [9.17, 15) is 8.78 Å². The Morgan fingerprint density at radius 1 is 1.10 bits per heavy atom. The van der Waals surface area contributed by atoms with Gasteiger partial charge in [-0.1, -0.05) is 17.7 Å². The van der Waals surface area contributed by atoms with Crippen LogP contribution in [0.4, 0.5) is 8.78 Å². The summed E-state index contributed by atoms with van der Waals surface area (Å²) in [4.78, 5) is 8.72. The first-order valence-electron chi connectivity index (χ1n) is 6.61. The van der Waals surface area contributed by atoms with Gasteiger partial charge in [0, 0.05) is 23.7 Å². The molecule has 1 heterocycles. The standard InChI is InChI=1S/C15H13ClF2N2/c16-15-11-3-1-2-4-13(11)19-14(20-15)7-9-5-6-10(17)8-12(9)18/h5-6,8H,1-4,7H2. The fourth-order valence-corrected chi connectivity index (χ4v) is 2.81. The van der Waals surface area contributed by atoms with Crippen LogP contribution >= 0.6 is 11.6 Å². The van der Waals surface area contributed by atoms with E-state index in [0.29, 0.717) is 16.5 Å². The second-order valence-electron chi connectivity index (χ2n) is 4.98. The van der Waals surface area contributed by atoms with Gasteiger partial charge in [-0.05, 0) is 37.3 Å². The Morgan fingerprint density at radius 3 is 2.70 bits per heavy atom. The second-order valence-corrected chi connectivity index (χ2v) is 5.33. The van der Waals surface area contributed by atoms with E-state index in [1.807, 2.05) is 0 Å². The van der Waals surface area contributed by atoms with Crippen molar-refractivity contribution in [3.63, 3.8) is 0 Å². The van der Waals surface area contributed by atoms with E-state index in [0.717, 1.165) is 43.0 Å². The predicted molar refractivity (Wildman–Crippen MR) is 72.8 cm³/mol. The van der Waals surface area contributed by atoms with Crippen LogP contribution in [0.2, 0.25) is 5.15 Å². The maximum absolute atomic E-state index is 13.6. The molecule has 0 aliphatic heterocycles. The van der Waals surface area contributed by atoms with Gasteiger partial charge in [0.15, 0.2) is 0 Å². The molecule has 2 aromatic rings. The van der Waals surface area contributed by atoms with Crippen LogP contribution in [0.1, 0.15) is 35.5 Å². The number of rotatable bonds is 2. The summed E-state index contributed by atoms with van der Waals surface area (Å²) in [6.45, 7) is 0. The maximum Gasteiger partial charge on any atom is 0.136 e. The molecule has 0 bridgehead atoms. The van der Waals surface area contributed by atoms with Gasteiger partial charge in [0.25, 0.3) is 0 Å². The monoisotopic (exact) mass is 294 g/mol. The van der Waals surface area contributed by atoms with Crippen molar-refractivity contribution in [3.8, 4) is 0 Å². The van der Waals surface area contributed by atoms with Crippen LogP contribution in [0.3, 0.4) is 0 Å². The topological polar surface area (TPSA) is 25.8 Å². The summed E-state index contributed by atoms with van der Waals surface area (Å²) in [5.74, 6) is -0.681. The zero-order valence-corrected chi connectivity index (χ0v) is 11.6. The zero-order valence-electron chi connectivity index (χ0n) is 10.8. The molecule has 1 aliphatic rings. The van der Waals surface area contributed by atoms with Crippen molar-refractivity contribution in [2.75, 3.05) is 0 Å². The summed E-state index contributed by atoms with van der Waals surface area (Å²) in [6, 6.07) is 3.52. The number of fused-ring (bicyclic) bond motifs is 1. The van der Waals surface area contributed by atoms with Crippen molar-refractivity contribution in [2.45, 2.75) is 32.1 Å². The van der Waals surface area contributed by atoms with E-state index in [1.54, 1.807) is 0 Å². The molecule has 0 unspecified atom stereocenters. The first-order valence-corrected chi connectivity index (χ1v) is 6.99. The highest BCUT2D eigenvalue weighted by Crippen LogP contribution is 2.26. The van der Waals surface area contributed by atoms with Gasteiger partial charge in [-0.3, -0.25) is 0 Å². The van der Waals surface area contributed by atoms with Gasteiger partial charge in [0.2, 0.25) is 0 Å². The molecule has 5 heteroatoms. The van der Waals surface area contributed by atoms with E-state index in [4.69, 9.17) is 11.6 Å². The van der Waals surface area contributed by atoms with E-state index in [1.165, 1.54) is 12.1 Å². The van der Waals surface area contributed by atoms with Gasteiger partial charge in [0.05, 0.1) is 0 Å². The molecule has 104 valence electrons. The van der Waals surface area contributed by atoms with Crippen molar-refractivity contribution in [1.29, 1.82) is 0 Å². The Bertz CT molecular complexity index is 659. The Labute approximate surface area is 120 Å². The predicted octanol–water partition coefficient (Wildman–Crippen LogP) is 3.88. The average Bonchev–Trinajstić information content (AvgIpc) is 2.42. The van der Waals surface area contributed by atoms with Crippen LogP contribution < -0.4 is 0 Å². The summed E-state index contributed by atoms with van der Waals surface area (Å²) in [7, 11) is 0. The lowest BCUT2D eigenvalue weighted by Crippen LogP contribution is -2.11. The summed E-state index contributed by atoms with van der Waals surface area (Å²) in [5.41, 5.74) is 2.35. The molecule has 20 heavy (non-hydrogen) atoms. The van der Waals surface area contributed by atoms with Crippen LogP contribution in [0.25, 0.3) is 0 Å². The number of benzene rings is 1. The van der Waals surface area contributed by atoms with Crippen LogP contribution in [0.15, 0.2) is 18.2 Å². The lowest BCUT2D eigenvalue weighted by atomic mass is 9.97. The highest BCUT2D eigenvalue weighted by Gasteiger charge is 2.17. The normalized spacial score (nSPS) is 14.2. The molecule has 0 amide bonds. The first kappa shape index (κ1) is 13.4. The molecule has 0 radical (unpaired) electrons. The number of aromatic nitrogens is 2. The fraction of sp³-hybridized carbons (Fsp3) is 0.333. The number of nitrogens with zero attached hydrogens (tertiary/aromatic N) is 2. The van der Waals surface area contributed by atoms with Gasteiger partial charge in [-0.25, -0.2) is 18.7 Å². The maximum atomic E-state index is 13.6. The molecule has 0 atom stereocenters. The van der Waals surface area contributed by atoms with E-state index < -0.39 is 11.6 Å². The summed E-state index contributed by atoms with van der Waals surface area (Å²) in [6.07, 6.45) is 4.20. The average molecular weight is 295 g/mol. The largest absolute Gasteiger partial charge is 0.237 e. The smallest absolute Gasteiger partial charge is 0.136 e. The Morgan fingerprint density at radius 2 is 1.90 bits per heavy atom. The summed E-state index contributed by atoms with van der Waals surface area (Å²) >= 11 is 6.17. The van der Waals surface area contributed by atoms with Gasteiger partial charge in [-0.15, -0.1) is 0 Å². The number of halogens is 3. The number of aryl methyl sites for hydroxylation is 1. The quantitative estimate of drug-likeness (QED) is 0.786. The van der Waals surface area contributed by atoms with E-state index >= 15 is 0 Å². The number of hydrogen-bond acceptors (Lipinski definition) is 2. The molecule has 3 rings (SSSR count). The minimum absolute atomic E-state index is 0.221. The summed E-state index contributed by atoms with van der Waals surface area (Å²) in [5, 5.41) is 0.465. The minimum atomic E-state index is -0.587. The van der Waals surface area contributed by atoms with Crippen LogP contribution in [0.5, 0.6) is 0 Å². The van der Waals surface area contributed by atoms with Crippen molar-refractivity contribution in [1.82, 2.24) is 9.97 Å². The lowest BCUT2D eigenvalue weighted by molar-refractivity contribution is 0.573. The van der Waals surface area contributed by atoms with Gasteiger partial charge in [-0.2, -0.15) is 0 Å². The van der Waals surface area contributed by atoms with Crippen molar-refractivity contribution < 1.29 is 8.78 Å². The Balaban J connectivity index is 1.93. The molecule has 0 spiro atoms. The molecule has 2 nitrogen and oxygen atoms in total. The Hall–Kier alpha value is -1.55. The van der Waals surface area contributed by atoms with Gasteiger partial charge >= 0.3 is 0 Å². The molecule has 0 saturated carbocycles. The first-order chi connectivity index (χ1) is 9.63. The molecule has 0 N–H and O–H groups in total. The van der Waals surface area contributed by atoms with Gasteiger partial charge in [0.1, 0.15) is 22.6 Å². The lowest BCUT2D eigenvalue weighted by Gasteiger charge is -2.16. The third-order valence-electron chi connectivity index (χ3n) is 3.54. The third-order valence-corrected chi connectivity index (χ3v) is 3.86. The van der Waals surface area contributed by atoms with Crippen molar-refractivity contribution >= 4 is 11.6 Å². The molecule has 1 aliphatic carbocycles. The van der Waals surface area contributed by atoms with Crippen molar-refractivity contribution in [3.05, 3.63) is 57.6 Å². The van der Waals surface area contributed by atoms with E-state index in [2.05, 4.69) is 9.97 Å². The molecule has 1 aromatic heterocycles. The van der Waals surface area contributed by atoms with E-state index in [-0.39, 0.29) is 6.42 Å². The second kappa shape index (κ2) is 5.44. The fourth-order valence-electron chi connectivity index (χ4n) is 2.51. The van der Waals surface area contributed by atoms with Gasteiger partial charge < -0.3 is 0 Å². The van der Waals surface area contributed by atoms with Crippen LogP contribution in [0, 0.1) is 11.6 Å². The highest BCUT2D eigenvalue weighted by molar-refractivity contribution is 6.30. The Kier molecular flexibility index (Phi) is 3.66. The van der Waals surface area contributed by atoms with Crippen LogP contribution in [-0.2, 0) is 19.3 Å². The molecular formula is C15H13ClF2N2. The molecular weight excluding hydrogens is 282 g/mol. The zero-order chi connectivity index (χ0) is 14.1. The minimum Gasteiger partial charge on any atom is -0.237 e. The summed E-state index contributed by atoms with van der Waals surface area (Å²) < 4.78 is 26.5. The number of hydrogen-bond donors (Lipinski definition) is 0. The van der Waals surface area contributed by atoms with Crippen LogP contribution in [-0.4, -0.2) is 9.97 Å². The molecule has 1 aromatic carbocycles.